The molecule has 2 aromatic rings. The number of hydrogen-bond acceptors (Lipinski definition) is 7. The van der Waals surface area contributed by atoms with E-state index in [1.807, 2.05) is 47.6 Å². The second kappa shape index (κ2) is 10.4. The van der Waals surface area contributed by atoms with Crippen LogP contribution in [0.3, 0.4) is 0 Å². The number of ether oxygens (including phenoxy) is 1. The molecule has 0 aliphatic rings. The van der Waals surface area contributed by atoms with E-state index in [0.717, 1.165) is 0 Å². The molecule has 0 aromatic heterocycles. The van der Waals surface area contributed by atoms with Gasteiger partial charge in [-0.15, -0.1) is 0 Å². The van der Waals surface area contributed by atoms with Crippen LogP contribution in [0.1, 0.15) is 74.7 Å². The Labute approximate surface area is 189 Å². The molecule has 2 rings (SSSR count). The van der Waals surface area contributed by atoms with Gasteiger partial charge in [0.25, 0.3) is 5.79 Å². The molecule has 7 nitrogen and oxygen atoms in total. The monoisotopic (exact) mass is 444 g/mol. The fraction of sp³-hybridized carbons (Fsp3) is 0.440. The maximum Gasteiger partial charge on any atom is 0.338 e. The summed E-state index contributed by atoms with van der Waals surface area (Å²) in [4.78, 5) is 46.6. The maximum absolute atomic E-state index is 12.5. The van der Waals surface area contributed by atoms with Gasteiger partial charge in [-0.05, 0) is 60.6 Å². The van der Waals surface area contributed by atoms with E-state index < -0.39 is 23.0 Å². The first-order valence-corrected chi connectivity index (χ1v) is 10.4. The van der Waals surface area contributed by atoms with E-state index in [1.165, 1.54) is 12.1 Å². The Bertz CT molecular complexity index is 873. The van der Waals surface area contributed by atoms with Crippen molar-refractivity contribution in [2.24, 2.45) is 0 Å². The Hall–Kier alpha value is -2.58. The van der Waals surface area contributed by atoms with E-state index in [-0.39, 0.29) is 18.0 Å². The Morgan fingerprint density at radius 3 is 1.53 bits per heavy atom. The molecule has 0 bridgehead atoms. The molecule has 0 saturated carbocycles. The zero-order valence-corrected chi connectivity index (χ0v) is 19.8. The van der Waals surface area contributed by atoms with E-state index >= 15 is 0 Å². The minimum absolute atomic E-state index is 0.126. The summed E-state index contributed by atoms with van der Waals surface area (Å²) in [6.07, 6.45) is 0. The standard InChI is InChI=1S/C25H32O7/c1-23(2,3)29-31-25(7,32-30-24(4,5)6)17-28-22(27)20-15-13-19(14-16-20)21(26)18-11-9-8-10-12-18/h8-16H,17H2,1-7H3. The summed E-state index contributed by atoms with van der Waals surface area (Å²) < 4.78 is 5.37. The summed E-state index contributed by atoms with van der Waals surface area (Å²) in [5, 5.41) is 0. The number of esters is 1. The predicted octanol–water partition coefficient (Wildman–Crippen LogP) is 5.28. The zero-order chi connectivity index (χ0) is 24.0. The van der Waals surface area contributed by atoms with Crippen LogP contribution >= 0.6 is 0 Å². The van der Waals surface area contributed by atoms with Gasteiger partial charge in [0.2, 0.25) is 0 Å². The van der Waals surface area contributed by atoms with Gasteiger partial charge in [-0.3, -0.25) is 4.79 Å². The molecule has 7 heteroatoms. The molecule has 0 N–H and O–H groups in total. The van der Waals surface area contributed by atoms with Crippen molar-refractivity contribution in [3.05, 3.63) is 71.3 Å². The van der Waals surface area contributed by atoms with Gasteiger partial charge in [0, 0.05) is 11.1 Å². The Balaban J connectivity index is 2.04. The first-order chi connectivity index (χ1) is 14.8. The van der Waals surface area contributed by atoms with Gasteiger partial charge in [-0.1, -0.05) is 42.5 Å². The maximum atomic E-state index is 12.5. The van der Waals surface area contributed by atoms with Crippen LogP contribution in [0.25, 0.3) is 0 Å². The highest BCUT2D eigenvalue weighted by molar-refractivity contribution is 6.09. The lowest BCUT2D eigenvalue weighted by Gasteiger charge is -2.32. The molecule has 0 saturated heterocycles. The summed E-state index contributed by atoms with van der Waals surface area (Å²) >= 11 is 0. The van der Waals surface area contributed by atoms with Gasteiger partial charge in [-0.2, -0.15) is 9.78 Å². The van der Waals surface area contributed by atoms with Crippen LogP contribution in [-0.2, 0) is 24.3 Å². The molecular formula is C25H32O7. The molecule has 0 spiro atoms. The fourth-order valence-electron chi connectivity index (χ4n) is 2.28. The number of hydrogen-bond donors (Lipinski definition) is 0. The number of rotatable bonds is 9. The van der Waals surface area contributed by atoms with Gasteiger partial charge in [-0.25, -0.2) is 14.6 Å². The molecule has 0 unspecified atom stereocenters. The van der Waals surface area contributed by atoms with Crippen molar-refractivity contribution in [2.45, 2.75) is 65.5 Å². The summed E-state index contributed by atoms with van der Waals surface area (Å²) in [7, 11) is 0. The first-order valence-electron chi connectivity index (χ1n) is 10.4. The lowest BCUT2D eigenvalue weighted by molar-refractivity contribution is -0.539. The Morgan fingerprint density at radius 2 is 1.06 bits per heavy atom. The average molecular weight is 445 g/mol. The van der Waals surface area contributed by atoms with E-state index in [1.54, 1.807) is 43.3 Å². The van der Waals surface area contributed by atoms with E-state index in [2.05, 4.69) is 0 Å². The van der Waals surface area contributed by atoms with Crippen LogP contribution in [0.15, 0.2) is 54.6 Å². The minimum atomic E-state index is -1.50. The average Bonchev–Trinajstić information content (AvgIpc) is 2.74. The lowest BCUT2D eigenvalue weighted by atomic mass is 10.0. The Kier molecular flexibility index (Phi) is 8.31. The molecule has 174 valence electrons. The highest BCUT2D eigenvalue weighted by Gasteiger charge is 2.35. The fourth-order valence-corrected chi connectivity index (χ4v) is 2.28. The number of ketones is 1. The van der Waals surface area contributed by atoms with Crippen molar-refractivity contribution in [3.8, 4) is 0 Å². The third kappa shape index (κ3) is 8.51. The van der Waals surface area contributed by atoms with Crippen molar-refractivity contribution in [2.75, 3.05) is 6.61 Å². The molecular weight excluding hydrogens is 412 g/mol. The molecule has 0 atom stereocenters. The molecule has 0 fully saturated rings. The molecule has 0 radical (unpaired) electrons. The molecule has 2 aromatic carbocycles. The predicted molar refractivity (Wildman–Crippen MR) is 119 cm³/mol. The first kappa shape index (κ1) is 25.7. The second-order valence-corrected chi connectivity index (χ2v) is 9.54. The van der Waals surface area contributed by atoms with Gasteiger partial charge in [0.1, 0.15) is 0 Å². The van der Waals surface area contributed by atoms with Crippen LogP contribution in [0, 0.1) is 0 Å². The lowest BCUT2D eigenvalue weighted by Crippen LogP contribution is -2.42. The summed E-state index contributed by atoms with van der Waals surface area (Å²) in [6.45, 7) is 12.1. The Morgan fingerprint density at radius 1 is 0.625 bits per heavy atom. The highest BCUT2D eigenvalue weighted by Crippen LogP contribution is 2.23. The number of benzene rings is 2. The molecule has 32 heavy (non-hydrogen) atoms. The third-order valence-electron chi connectivity index (χ3n) is 3.82. The van der Waals surface area contributed by atoms with E-state index in [9.17, 15) is 9.59 Å². The van der Waals surface area contributed by atoms with Gasteiger partial charge < -0.3 is 4.74 Å². The van der Waals surface area contributed by atoms with Crippen molar-refractivity contribution in [1.29, 1.82) is 0 Å². The van der Waals surface area contributed by atoms with Gasteiger partial charge in [0.05, 0.1) is 16.8 Å². The largest absolute Gasteiger partial charge is 0.456 e. The number of carbonyl (C=O) groups excluding carboxylic acids is 2. The quantitative estimate of drug-likeness (QED) is 0.171. The van der Waals surface area contributed by atoms with E-state index in [4.69, 9.17) is 24.3 Å². The molecule has 0 heterocycles. The van der Waals surface area contributed by atoms with Crippen molar-refractivity contribution >= 4 is 11.8 Å². The normalized spacial score (nSPS) is 12.5. The van der Waals surface area contributed by atoms with Crippen molar-refractivity contribution in [3.63, 3.8) is 0 Å². The number of carbonyl (C=O) groups is 2. The smallest absolute Gasteiger partial charge is 0.338 e. The topological polar surface area (TPSA) is 80.3 Å². The van der Waals surface area contributed by atoms with Crippen LogP contribution in [0.4, 0.5) is 0 Å². The summed E-state index contributed by atoms with van der Waals surface area (Å²) in [5.41, 5.74) is 0.104. The van der Waals surface area contributed by atoms with Crippen LogP contribution in [0.5, 0.6) is 0 Å². The SMILES string of the molecule is CC(C)(C)OOC(C)(COC(=O)c1ccc(C(=O)c2ccccc2)cc1)OOC(C)(C)C. The zero-order valence-electron chi connectivity index (χ0n) is 19.8. The van der Waals surface area contributed by atoms with Crippen LogP contribution in [0.2, 0.25) is 0 Å². The molecule has 0 amide bonds. The summed E-state index contributed by atoms with van der Waals surface area (Å²) in [6, 6.07) is 15.2. The van der Waals surface area contributed by atoms with Crippen molar-refractivity contribution < 1.29 is 33.9 Å². The van der Waals surface area contributed by atoms with E-state index in [0.29, 0.717) is 11.1 Å². The third-order valence-corrected chi connectivity index (χ3v) is 3.82. The second-order valence-electron chi connectivity index (χ2n) is 9.54. The van der Waals surface area contributed by atoms with Crippen LogP contribution in [-0.4, -0.2) is 35.3 Å². The van der Waals surface area contributed by atoms with Gasteiger partial charge >= 0.3 is 5.97 Å². The molecule has 0 aliphatic heterocycles. The summed E-state index contributed by atoms with van der Waals surface area (Å²) in [5.74, 6) is -2.23. The van der Waals surface area contributed by atoms with Gasteiger partial charge in [0.15, 0.2) is 12.4 Å². The molecule has 0 aliphatic carbocycles. The highest BCUT2D eigenvalue weighted by atomic mass is 17.3. The van der Waals surface area contributed by atoms with Crippen molar-refractivity contribution in [1.82, 2.24) is 0 Å². The van der Waals surface area contributed by atoms with Crippen LogP contribution < -0.4 is 0 Å². The minimum Gasteiger partial charge on any atom is -0.456 e.